The van der Waals surface area contributed by atoms with Gasteiger partial charge in [0.05, 0.1) is 21.7 Å². The van der Waals surface area contributed by atoms with Crippen LogP contribution in [0.4, 0.5) is 0 Å². The number of nitrogens with zero attached hydrogens (tertiary/aromatic N) is 4. The molecule has 1 fully saturated rings. The number of benzene rings is 2. The standard InChI is InChI=1S/C24H26N4O4S2/c1-3-12-28-22-7-5-4-6-21(22)25-24(28)33-17-23(30)26-13-15-27(16-14-26)34(31,32)20-10-8-19(9-11-20)18(2)29/h3-11H,1,12-17H2,2H3. The van der Waals surface area contributed by atoms with Gasteiger partial charge in [-0.15, -0.1) is 6.58 Å². The Balaban J connectivity index is 1.37. The third-order valence-electron chi connectivity index (χ3n) is 5.75. The number of fused-ring (bicyclic) bond motifs is 1. The van der Waals surface area contributed by atoms with Gasteiger partial charge in [-0.1, -0.05) is 42.1 Å². The predicted molar refractivity (Wildman–Crippen MR) is 132 cm³/mol. The molecule has 178 valence electrons. The van der Waals surface area contributed by atoms with E-state index < -0.39 is 10.0 Å². The highest BCUT2D eigenvalue weighted by molar-refractivity contribution is 7.99. The molecule has 4 rings (SSSR count). The van der Waals surface area contributed by atoms with E-state index in [1.165, 1.54) is 47.3 Å². The largest absolute Gasteiger partial charge is 0.339 e. The van der Waals surface area contributed by atoms with Gasteiger partial charge in [0.15, 0.2) is 10.9 Å². The lowest BCUT2D eigenvalue weighted by atomic mass is 10.2. The van der Waals surface area contributed by atoms with Crippen LogP contribution in [-0.4, -0.2) is 70.8 Å². The van der Waals surface area contributed by atoms with Crippen LogP contribution in [0.15, 0.2) is 71.2 Å². The fraction of sp³-hybridized carbons (Fsp3) is 0.292. The number of Topliss-reactive ketones (excluding diaryl/α,β-unsaturated/α-hetero) is 1. The Bertz CT molecular complexity index is 1320. The summed E-state index contributed by atoms with van der Waals surface area (Å²) in [4.78, 5) is 30.8. The lowest BCUT2D eigenvalue weighted by Gasteiger charge is -2.34. The first-order valence-corrected chi connectivity index (χ1v) is 13.3. The fourth-order valence-corrected chi connectivity index (χ4v) is 6.22. The molecule has 0 saturated carbocycles. The summed E-state index contributed by atoms with van der Waals surface area (Å²) in [5.41, 5.74) is 2.33. The zero-order chi connectivity index (χ0) is 24.3. The molecule has 0 radical (unpaired) electrons. The topological polar surface area (TPSA) is 92.6 Å². The van der Waals surface area contributed by atoms with Gasteiger partial charge in [-0.25, -0.2) is 13.4 Å². The number of rotatable bonds is 8. The molecule has 3 aromatic rings. The van der Waals surface area contributed by atoms with E-state index in [0.29, 0.717) is 25.2 Å². The minimum absolute atomic E-state index is 0.0509. The van der Waals surface area contributed by atoms with Gasteiger partial charge in [0.25, 0.3) is 0 Å². The van der Waals surface area contributed by atoms with Crippen LogP contribution < -0.4 is 0 Å². The van der Waals surface area contributed by atoms with Gasteiger partial charge in [-0.2, -0.15) is 4.31 Å². The van der Waals surface area contributed by atoms with Crippen LogP contribution in [0.25, 0.3) is 11.0 Å². The van der Waals surface area contributed by atoms with Crippen molar-refractivity contribution in [3.8, 4) is 0 Å². The molecule has 0 spiro atoms. The molecule has 0 aliphatic carbocycles. The molecular weight excluding hydrogens is 472 g/mol. The summed E-state index contributed by atoms with van der Waals surface area (Å²) in [5, 5.41) is 0.754. The van der Waals surface area contributed by atoms with Crippen LogP contribution in [0.3, 0.4) is 0 Å². The number of piperazine rings is 1. The van der Waals surface area contributed by atoms with E-state index in [-0.39, 0.29) is 35.4 Å². The normalized spacial score (nSPS) is 14.9. The molecule has 2 heterocycles. The molecule has 0 unspecified atom stereocenters. The molecule has 1 saturated heterocycles. The number of para-hydroxylation sites is 2. The van der Waals surface area contributed by atoms with E-state index in [4.69, 9.17) is 0 Å². The first-order chi connectivity index (χ1) is 16.3. The summed E-state index contributed by atoms with van der Waals surface area (Å²) >= 11 is 1.37. The monoisotopic (exact) mass is 498 g/mol. The van der Waals surface area contributed by atoms with E-state index in [0.717, 1.165) is 16.2 Å². The Hall–Kier alpha value is -2.95. The Morgan fingerprint density at radius 2 is 1.74 bits per heavy atom. The van der Waals surface area contributed by atoms with Gasteiger partial charge >= 0.3 is 0 Å². The summed E-state index contributed by atoms with van der Waals surface area (Å²) in [6.07, 6.45) is 1.80. The van der Waals surface area contributed by atoms with Crippen LogP contribution in [0, 0.1) is 0 Å². The number of amides is 1. The van der Waals surface area contributed by atoms with Gasteiger partial charge in [0.2, 0.25) is 15.9 Å². The Morgan fingerprint density at radius 3 is 2.38 bits per heavy atom. The van der Waals surface area contributed by atoms with Crippen molar-refractivity contribution in [3.05, 3.63) is 66.7 Å². The number of imidazole rings is 1. The van der Waals surface area contributed by atoms with Crippen molar-refractivity contribution < 1.29 is 18.0 Å². The third-order valence-corrected chi connectivity index (χ3v) is 8.62. The van der Waals surface area contributed by atoms with Crippen molar-refractivity contribution >= 4 is 44.5 Å². The first-order valence-electron chi connectivity index (χ1n) is 10.9. The number of aromatic nitrogens is 2. The van der Waals surface area contributed by atoms with Crippen LogP contribution in [0.5, 0.6) is 0 Å². The summed E-state index contributed by atoms with van der Waals surface area (Å²) in [6, 6.07) is 13.8. The number of carbonyl (C=O) groups is 2. The SMILES string of the molecule is C=CCn1c(SCC(=O)N2CCN(S(=O)(=O)c3ccc(C(C)=O)cc3)CC2)nc2ccccc21. The van der Waals surface area contributed by atoms with Gasteiger partial charge in [0.1, 0.15) is 0 Å². The maximum absolute atomic E-state index is 13.0. The maximum atomic E-state index is 13.0. The number of hydrogen-bond donors (Lipinski definition) is 0. The minimum atomic E-state index is -3.68. The highest BCUT2D eigenvalue weighted by Gasteiger charge is 2.30. The highest BCUT2D eigenvalue weighted by Crippen LogP contribution is 2.25. The van der Waals surface area contributed by atoms with Crippen LogP contribution >= 0.6 is 11.8 Å². The molecule has 1 aromatic heterocycles. The summed E-state index contributed by atoms with van der Waals surface area (Å²) in [6.45, 7) is 6.95. The van der Waals surface area contributed by atoms with E-state index in [1.54, 1.807) is 11.0 Å². The van der Waals surface area contributed by atoms with Crippen LogP contribution in [0.2, 0.25) is 0 Å². The Kier molecular flexibility index (Phi) is 7.20. The Labute approximate surface area is 203 Å². The first kappa shape index (κ1) is 24.2. The molecule has 2 aromatic carbocycles. The quantitative estimate of drug-likeness (QED) is 0.269. The van der Waals surface area contributed by atoms with Gasteiger partial charge in [-0.05, 0) is 31.2 Å². The van der Waals surface area contributed by atoms with E-state index in [9.17, 15) is 18.0 Å². The third kappa shape index (κ3) is 4.94. The van der Waals surface area contributed by atoms with Crippen LogP contribution in [0.1, 0.15) is 17.3 Å². The molecule has 0 bridgehead atoms. The van der Waals surface area contributed by atoms with E-state index in [2.05, 4.69) is 11.6 Å². The second-order valence-electron chi connectivity index (χ2n) is 7.94. The average Bonchev–Trinajstić information content (AvgIpc) is 3.20. The van der Waals surface area contributed by atoms with Crippen molar-refractivity contribution in [1.82, 2.24) is 18.8 Å². The summed E-state index contributed by atoms with van der Waals surface area (Å²) in [5.74, 6) is 0.0544. The number of ketones is 1. The predicted octanol–water partition coefficient (Wildman–Crippen LogP) is 3.05. The second-order valence-corrected chi connectivity index (χ2v) is 10.8. The summed E-state index contributed by atoms with van der Waals surface area (Å²) in [7, 11) is -3.68. The molecule has 1 aliphatic rings. The maximum Gasteiger partial charge on any atom is 0.243 e. The number of sulfonamides is 1. The second kappa shape index (κ2) is 10.1. The molecule has 10 heteroatoms. The van der Waals surface area contributed by atoms with Crippen molar-refractivity contribution in [2.24, 2.45) is 0 Å². The molecule has 0 atom stereocenters. The Morgan fingerprint density at radius 1 is 1.06 bits per heavy atom. The lowest BCUT2D eigenvalue weighted by molar-refractivity contribution is -0.129. The van der Waals surface area contributed by atoms with Crippen molar-refractivity contribution in [3.63, 3.8) is 0 Å². The molecular formula is C24H26N4O4S2. The molecule has 1 amide bonds. The number of thioether (sulfide) groups is 1. The zero-order valence-electron chi connectivity index (χ0n) is 18.9. The smallest absolute Gasteiger partial charge is 0.243 e. The summed E-state index contributed by atoms with van der Waals surface area (Å²) < 4.78 is 29.3. The van der Waals surface area contributed by atoms with Gasteiger partial charge in [-0.3, -0.25) is 9.59 Å². The molecule has 8 nitrogen and oxygen atoms in total. The molecule has 34 heavy (non-hydrogen) atoms. The van der Waals surface area contributed by atoms with Gasteiger partial charge < -0.3 is 9.47 Å². The zero-order valence-corrected chi connectivity index (χ0v) is 20.5. The molecule has 0 N–H and O–H groups in total. The average molecular weight is 499 g/mol. The minimum Gasteiger partial charge on any atom is -0.339 e. The fourth-order valence-electron chi connectivity index (χ4n) is 3.88. The number of allylic oxidation sites excluding steroid dienone is 1. The van der Waals surface area contributed by atoms with Crippen molar-refractivity contribution in [2.45, 2.75) is 23.5 Å². The van der Waals surface area contributed by atoms with E-state index >= 15 is 0 Å². The van der Waals surface area contributed by atoms with E-state index in [1.807, 2.05) is 28.8 Å². The number of carbonyl (C=O) groups excluding carboxylic acids is 2. The molecule has 1 aliphatic heterocycles. The highest BCUT2D eigenvalue weighted by atomic mass is 32.2. The van der Waals surface area contributed by atoms with Crippen molar-refractivity contribution in [2.75, 3.05) is 31.9 Å². The lowest BCUT2D eigenvalue weighted by Crippen LogP contribution is -2.51. The van der Waals surface area contributed by atoms with Crippen LogP contribution in [-0.2, 0) is 21.4 Å². The van der Waals surface area contributed by atoms with Gasteiger partial charge in [0, 0.05) is 38.3 Å². The van der Waals surface area contributed by atoms with Crippen molar-refractivity contribution in [1.29, 1.82) is 0 Å². The number of hydrogen-bond acceptors (Lipinski definition) is 6.